The number of anilines is 2. The molecule has 0 aliphatic rings. The molecule has 2 aromatic carbocycles. The van der Waals surface area contributed by atoms with E-state index in [1.165, 1.54) is 12.1 Å². The van der Waals surface area contributed by atoms with Gasteiger partial charge in [-0.25, -0.2) is 0 Å². The highest BCUT2D eigenvalue weighted by Gasteiger charge is 2.31. The molecule has 0 aliphatic carbocycles. The standard InChI is InChI=1S/C18H12ClF3N4O3S2/c19-13-4-2-1-3-12(13)15(28)24-16-25-26-17(31-16)30-9-14(27)23-10-5-7-11(8-6-10)29-18(20,21)22/h1-8H,9H2,(H,23,27)(H,24,25,28). The summed E-state index contributed by atoms with van der Waals surface area (Å²) in [5, 5.41) is 13.4. The second-order valence-electron chi connectivity index (χ2n) is 5.72. The monoisotopic (exact) mass is 488 g/mol. The topological polar surface area (TPSA) is 93.2 Å². The van der Waals surface area contributed by atoms with E-state index in [2.05, 4.69) is 25.6 Å². The molecule has 2 amide bonds. The van der Waals surface area contributed by atoms with Crippen molar-refractivity contribution in [2.75, 3.05) is 16.4 Å². The van der Waals surface area contributed by atoms with Crippen molar-refractivity contribution in [3.05, 3.63) is 59.1 Å². The molecule has 0 aliphatic heterocycles. The van der Waals surface area contributed by atoms with Crippen LogP contribution in [-0.4, -0.2) is 34.1 Å². The van der Waals surface area contributed by atoms with Gasteiger partial charge in [0.05, 0.1) is 16.3 Å². The van der Waals surface area contributed by atoms with Crippen molar-refractivity contribution in [2.45, 2.75) is 10.7 Å². The van der Waals surface area contributed by atoms with Gasteiger partial charge < -0.3 is 10.1 Å². The summed E-state index contributed by atoms with van der Waals surface area (Å²) >= 11 is 8.15. The number of rotatable bonds is 7. The summed E-state index contributed by atoms with van der Waals surface area (Å²) in [4.78, 5) is 24.3. The summed E-state index contributed by atoms with van der Waals surface area (Å²) in [7, 11) is 0. The molecule has 0 saturated heterocycles. The number of carbonyl (C=O) groups is 2. The SMILES string of the molecule is O=C(CSc1nnc(NC(=O)c2ccccc2Cl)s1)Nc1ccc(OC(F)(F)F)cc1. The van der Waals surface area contributed by atoms with Crippen LogP contribution in [0.4, 0.5) is 24.0 Å². The number of nitrogens with one attached hydrogen (secondary N) is 2. The van der Waals surface area contributed by atoms with Crippen LogP contribution < -0.4 is 15.4 Å². The normalized spacial score (nSPS) is 11.1. The minimum atomic E-state index is -4.78. The van der Waals surface area contributed by atoms with Crippen LogP contribution in [-0.2, 0) is 4.79 Å². The number of halogens is 4. The molecule has 2 N–H and O–H groups in total. The quantitative estimate of drug-likeness (QED) is 0.356. The predicted octanol–water partition coefficient (Wildman–Crippen LogP) is 5.07. The first-order chi connectivity index (χ1) is 14.7. The van der Waals surface area contributed by atoms with E-state index < -0.39 is 18.2 Å². The molecule has 3 aromatic rings. The van der Waals surface area contributed by atoms with Gasteiger partial charge in [-0.1, -0.05) is 46.8 Å². The molecule has 1 heterocycles. The highest BCUT2D eigenvalue weighted by atomic mass is 35.5. The zero-order chi connectivity index (χ0) is 22.4. The van der Waals surface area contributed by atoms with Gasteiger partial charge in [-0.15, -0.1) is 23.4 Å². The highest BCUT2D eigenvalue weighted by molar-refractivity contribution is 8.01. The van der Waals surface area contributed by atoms with Crippen molar-refractivity contribution in [3.8, 4) is 5.75 Å². The van der Waals surface area contributed by atoms with E-state index in [0.717, 1.165) is 35.2 Å². The van der Waals surface area contributed by atoms with Gasteiger partial charge in [0.2, 0.25) is 11.0 Å². The number of carbonyl (C=O) groups excluding carboxylic acids is 2. The summed E-state index contributed by atoms with van der Waals surface area (Å²) in [6.45, 7) is 0. The Morgan fingerprint density at radius 1 is 1.06 bits per heavy atom. The fourth-order valence-corrected chi connectivity index (χ4v) is 3.96. The number of thioether (sulfide) groups is 1. The van der Waals surface area contributed by atoms with Gasteiger partial charge in [0.1, 0.15) is 5.75 Å². The van der Waals surface area contributed by atoms with Gasteiger partial charge >= 0.3 is 6.36 Å². The maximum absolute atomic E-state index is 12.2. The molecule has 13 heteroatoms. The van der Waals surface area contributed by atoms with E-state index in [4.69, 9.17) is 11.6 Å². The Labute approximate surface area is 187 Å². The molecule has 7 nitrogen and oxygen atoms in total. The second-order valence-corrected chi connectivity index (χ2v) is 8.32. The van der Waals surface area contributed by atoms with E-state index >= 15 is 0 Å². The lowest BCUT2D eigenvalue weighted by Crippen LogP contribution is -2.17. The van der Waals surface area contributed by atoms with Gasteiger partial charge in [0.15, 0.2) is 4.34 Å². The summed E-state index contributed by atoms with van der Waals surface area (Å²) in [6.07, 6.45) is -4.78. The molecule has 0 bridgehead atoms. The Hall–Kier alpha value is -2.83. The zero-order valence-corrected chi connectivity index (χ0v) is 17.7. The molecule has 1 aromatic heterocycles. The maximum atomic E-state index is 12.2. The van der Waals surface area contributed by atoms with Crippen LogP contribution in [0.2, 0.25) is 5.02 Å². The molecule has 0 saturated carbocycles. The lowest BCUT2D eigenvalue weighted by Gasteiger charge is -2.09. The molecule has 31 heavy (non-hydrogen) atoms. The Balaban J connectivity index is 1.48. The van der Waals surface area contributed by atoms with Crippen molar-refractivity contribution < 1.29 is 27.5 Å². The Bertz CT molecular complexity index is 1080. The number of amides is 2. The van der Waals surface area contributed by atoms with Crippen molar-refractivity contribution in [3.63, 3.8) is 0 Å². The first-order valence-corrected chi connectivity index (χ1v) is 10.6. The molecule has 0 atom stereocenters. The number of hydrogen-bond acceptors (Lipinski definition) is 7. The highest BCUT2D eigenvalue weighted by Crippen LogP contribution is 2.27. The van der Waals surface area contributed by atoms with E-state index in [1.807, 2.05) is 0 Å². The molecule has 0 fully saturated rings. The molecular formula is C18H12ClF3N4O3S2. The van der Waals surface area contributed by atoms with Crippen LogP contribution in [0.5, 0.6) is 5.75 Å². The fraction of sp³-hybridized carbons (Fsp3) is 0.111. The number of hydrogen-bond donors (Lipinski definition) is 2. The zero-order valence-electron chi connectivity index (χ0n) is 15.3. The van der Waals surface area contributed by atoms with Crippen LogP contribution >= 0.6 is 34.7 Å². The van der Waals surface area contributed by atoms with Crippen LogP contribution in [0, 0.1) is 0 Å². The van der Waals surface area contributed by atoms with E-state index in [0.29, 0.717) is 20.6 Å². The van der Waals surface area contributed by atoms with Crippen molar-refractivity contribution in [2.24, 2.45) is 0 Å². The van der Waals surface area contributed by atoms with Crippen LogP contribution in [0.25, 0.3) is 0 Å². The minimum absolute atomic E-state index is 0.0199. The number of ether oxygens (including phenoxy) is 1. The third-order valence-corrected chi connectivity index (χ3v) is 5.75. The Morgan fingerprint density at radius 2 is 1.77 bits per heavy atom. The lowest BCUT2D eigenvalue weighted by molar-refractivity contribution is -0.274. The molecule has 0 unspecified atom stereocenters. The molecular weight excluding hydrogens is 477 g/mol. The van der Waals surface area contributed by atoms with E-state index in [9.17, 15) is 22.8 Å². The third kappa shape index (κ3) is 7.12. The molecule has 0 spiro atoms. The van der Waals surface area contributed by atoms with Crippen molar-refractivity contribution >= 4 is 57.3 Å². The third-order valence-electron chi connectivity index (χ3n) is 3.44. The van der Waals surface area contributed by atoms with Gasteiger partial charge in [0.25, 0.3) is 5.91 Å². The average molecular weight is 489 g/mol. The molecule has 162 valence electrons. The molecule has 3 rings (SSSR count). The van der Waals surface area contributed by atoms with Gasteiger partial charge in [0, 0.05) is 5.69 Å². The van der Waals surface area contributed by atoms with Crippen LogP contribution in [0.15, 0.2) is 52.9 Å². The molecule has 0 radical (unpaired) electrons. The second kappa shape index (κ2) is 9.98. The summed E-state index contributed by atoms with van der Waals surface area (Å²) in [5.41, 5.74) is 0.602. The largest absolute Gasteiger partial charge is 0.573 e. The first-order valence-electron chi connectivity index (χ1n) is 8.37. The average Bonchev–Trinajstić information content (AvgIpc) is 3.14. The number of alkyl halides is 3. The summed E-state index contributed by atoms with van der Waals surface area (Å²) in [5.74, 6) is -1.24. The number of nitrogens with zero attached hydrogens (tertiary/aromatic N) is 2. The lowest BCUT2D eigenvalue weighted by atomic mass is 10.2. The smallest absolute Gasteiger partial charge is 0.406 e. The number of benzene rings is 2. The van der Waals surface area contributed by atoms with Gasteiger partial charge in [-0.3, -0.25) is 14.9 Å². The minimum Gasteiger partial charge on any atom is -0.406 e. The van der Waals surface area contributed by atoms with Gasteiger partial charge in [-0.2, -0.15) is 0 Å². The maximum Gasteiger partial charge on any atom is 0.573 e. The Kier molecular flexibility index (Phi) is 7.36. The number of aromatic nitrogens is 2. The van der Waals surface area contributed by atoms with Crippen molar-refractivity contribution in [1.29, 1.82) is 0 Å². The van der Waals surface area contributed by atoms with Crippen LogP contribution in [0.1, 0.15) is 10.4 Å². The Morgan fingerprint density at radius 3 is 2.45 bits per heavy atom. The van der Waals surface area contributed by atoms with Gasteiger partial charge in [-0.05, 0) is 36.4 Å². The van der Waals surface area contributed by atoms with E-state index in [-0.39, 0.29) is 16.6 Å². The fourth-order valence-electron chi connectivity index (χ4n) is 2.19. The summed E-state index contributed by atoms with van der Waals surface area (Å²) < 4.78 is 40.7. The van der Waals surface area contributed by atoms with Crippen molar-refractivity contribution in [1.82, 2.24) is 10.2 Å². The van der Waals surface area contributed by atoms with E-state index in [1.54, 1.807) is 24.3 Å². The van der Waals surface area contributed by atoms with Crippen LogP contribution in [0.3, 0.4) is 0 Å². The predicted molar refractivity (Wildman–Crippen MR) is 112 cm³/mol. The summed E-state index contributed by atoms with van der Waals surface area (Å²) in [6, 6.07) is 11.3. The first kappa shape index (κ1) is 22.8.